The maximum absolute atomic E-state index is 11.7. The molecule has 106 valence electrons. The Balaban J connectivity index is 2.58. The molecule has 1 fully saturated rings. The standard InChI is InChI=1S/C13H24O4S/c1-2-9-18(16,17)10-8-11-6-4-3-5-7-12(11)13(14)15/h11-12H,2-10H2,1H3,(H,14,15). The second-order valence-corrected chi connectivity index (χ2v) is 7.59. The summed E-state index contributed by atoms with van der Waals surface area (Å²) in [6.45, 7) is 1.85. The van der Waals surface area contributed by atoms with Gasteiger partial charge < -0.3 is 5.11 Å². The molecule has 4 nitrogen and oxygen atoms in total. The van der Waals surface area contributed by atoms with Crippen molar-refractivity contribution in [2.45, 2.75) is 51.9 Å². The van der Waals surface area contributed by atoms with Gasteiger partial charge in [0.1, 0.15) is 9.84 Å². The number of carboxylic acids is 1. The van der Waals surface area contributed by atoms with Crippen LogP contribution in [0.2, 0.25) is 0 Å². The summed E-state index contributed by atoms with van der Waals surface area (Å²) in [5.74, 6) is -0.692. The van der Waals surface area contributed by atoms with Crippen LogP contribution >= 0.6 is 0 Å². The summed E-state index contributed by atoms with van der Waals surface area (Å²) in [6, 6.07) is 0. The van der Waals surface area contributed by atoms with E-state index in [9.17, 15) is 18.3 Å². The van der Waals surface area contributed by atoms with Crippen molar-refractivity contribution < 1.29 is 18.3 Å². The van der Waals surface area contributed by atoms with Crippen molar-refractivity contribution in [1.82, 2.24) is 0 Å². The first-order valence-corrected chi connectivity index (χ1v) is 8.71. The Bertz CT molecular complexity index is 361. The Morgan fingerprint density at radius 1 is 1.17 bits per heavy atom. The van der Waals surface area contributed by atoms with Crippen LogP contribution in [-0.2, 0) is 14.6 Å². The first kappa shape index (κ1) is 15.5. The van der Waals surface area contributed by atoms with E-state index in [-0.39, 0.29) is 23.3 Å². The third-order valence-corrected chi connectivity index (χ3v) is 5.68. The lowest BCUT2D eigenvalue weighted by Crippen LogP contribution is -2.25. The van der Waals surface area contributed by atoms with Crippen LogP contribution in [0.3, 0.4) is 0 Å². The van der Waals surface area contributed by atoms with E-state index in [0.717, 1.165) is 25.7 Å². The van der Waals surface area contributed by atoms with E-state index in [4.69, 9.17) is 0 Å². The molecule has 0 radical (unpaired) electrons. The molecule has 0 aliphatic heterocycles. The zero-order valence-electron chi connectivity index (χ0n) is 11.1. The summed E-state index contributed by atoms with van der Waals surface area (Å²) in [5, 5.41) is 9.22. The molecule has 0 aromatic heterocycles. The molecule has 1 aliphatic carbocycles. The van der Waals surface area contributed by atoms with E-state index in [1.165, 1.54) is 0 Å². The lowest BCUT2D eigenvalue weighted by Gasteiger charge is -2.21. The average molecular weight is 276 g/mol. The highest BCUT2D eigenvalue weighted by molar-refractivity contribution is 7.91. The summed E-state index contributed by atoms with van der Waals surface area (Å²) >= 11 is 0. The van der Waals surface area contributed by atoms with Gasteiger partial charge in [-0.2, -0.15) is 0 Å². The van der Waals surface area contributed by atoms with Gasteiger partial charge in [-0.15, -0.1) is 0 Å². The number of sulfone groups is 1. The number of carbonyl (C=O) groups is 1. The van der Waals surface area contributed by atoms with Crippen LogP contribution in [0.15, 0.2) is 0 Å². The molecule has 2 unspecified atom stereocenters. The highest BCUT2D eigenvalue weighted by Gasteiger charge is 2.30. The van der Waals surface area contributed by atoms with E-state index in [2.05, 4.69) is 0 Å². The van der Waals surface area contributed by atoms with Crippen LogP contribution in [0.4, 0.5) is 0 Å². The van der Waals surface area contributed by atoms with Crippen LogP contribution in [0.1, 0.15) is 51.9 Å². The van der Waals surface area contributed by atoms with Crippen molar-refractivity contribution in [2.75, 3.05) is 11.5 Å². The fourth-order valence-corrected chi connectivity index (χ4v) is 4.29. The quantitative estimate of drug-likeness (QED) is 0.757. The molecule has 0 bridgehead atoms. The second-order valence-electron chi connectivity index (χ2n) is 5.28. The number of hydrogen-bond donors (Lipinski definition) is 1. The summed E-state index contributed by atoms with van der Waals surface area (Å²) in [6.07, 6.45) is 5.76. The SMILES string of the molecule is CCCS(=O)(=O)CCC1CCCCCC1C(=O)O. The lowest BCUT2D eigenvalue weighted by molar-refractivity contribution is -0.144. The Kier molecular flexibility index (Phi) is 6.12. The molecule has 0 aromatic rings. The third-order valence-electron chi connectivity index (χ3n) is 3.79. The molecule has 1 aliphatic rings. The van der Waals surface area contributed by atoms with Crippen LogP contribution < -0.4 is 0 Å². The van der Waals surface area contributed by atoms with Gasteiger partial charge in [0.25, 0.3) is 0 Å². The van der Waals surface area contributed by atoms with Crippen molar-refractivity contribution >= 4 is 15.8 Å². The van der Waals surface area contributed by atoms with E-state index in [1.54, 1.807) is 0 Å². The number of hydrogen-bond acceptors (Lipinski definition) is 3. The summed E-state index contributed by atoms with van der Waals surface area (Å²) in [5.41, 5.74) is 0. The van der Waals surface area contributed by atoms with Gasteiger partial charge in [0.2, 0.25) is 0 Å². The van der Waals surface area contributed by atoms with Gasteiger partial charge in [-0.25, -0.2) is 8.42 Å². The van der Waals surface area contributed by atoms with Crippen molar-refractivity contribution in [3.8, 4) is 0 Å². The minimum Gasteiger partial charge on any atom is -0.481 e. The number of rotatable bonds is 6. The van der Waals surface area contributed by atoms with Crippen molar-refractivity contribution in [1.29, 1.82) is 0 Å². The minimum atomic E-state index is -2.98. The van der Waals surface area contributed by atoms with E-state index < -0.39 is 15.8 Å². The Morgan fingerprint density at radius 3 is 2.44 bits per heavy atom. The molecule has 1 rings (SSSR count). The van der Waals surface area contributed by atoms with Crippen LogP contribution in [0.25, 0.3) is 0 Å². The normalized spacial score (nSPS) is 25.6. The summed E-state index contributed by atoms with van der Waals surface area (Å²) in [4.78, 5) is 11.2. The molecular weight excluding hydrogens is 252 g/mol. The van der Waals surface area contributed by atoms with Crippen LogP contribution in [0.5, 0.6) is 0 Å². The molecule has 1 saturated carbocycles. The zero-order chi connectivity index (χ0) is 13.6. The van der Waals surface area contributed by atoms with Crippen molar-refractivity contribution in [2.24, 2.45) is 11.8 Å². The maximum atomic E-state index is 11.7. The fourth-order valence-electron chi connectivity index (χ4n) is 2.80. The average Bonchev–Trinajstić information content (AvgIpc) is 2.51. The van der Waals surface area contributed by atoms with Crippen molar-refractivity contribution in [3.05, 3.63) is 0 Å². The van der Waals surface area contributed by atoms with E-state index >= 15 is 0 Å². The molecule has 0 spiro atoms. The Morgan fingerprint density at radius 2 is 1.83 bits per heavy atom. The summed E-state index contributed by atoms with van der Waals surface area (Å²) in [7, 11) is -2.98. The van der Waals surface area contributed by atoms with Gasteiger partial charge in [-0.3, -0.25) is 4.79 Å². The Labute approximate surface area is 110 Å². The van der Waals surface area contributed by atoms with Gasteiger partial charge in [0.15, 0.2) is 0 Å². The number of carboxylic acid groups (broad SMARTS) is 1. The van der Waals surface area contributed by atoms with Crippen LogP contribution in [-0.4, -0.2) is 31.0 Å². The van der Waals surface area contributed by atoms with E-state index in [0.29, 0.717) is 19.3 Å². The van der Waals surface area contributed by atoms with Crippen LogP contribution in [0, 0.1) is 11.8 Å². The molecule has 0 aromatic carbocycles. The van der Waals surface area contributed by atoms with Gasteiger partial charge in [-0.05, 0) is 31.6 Å². The second kappa shape index (κ2) is 7.12. The summed E-state index contributed by atoms with van der Waals surface area (Å²) < 4.78 is 23.4. The smallest absolute Gasteiger partial charge is 0.306 e. The predicted molar refractivity (Wildman–Crippen MR) is 71.3 cm³/mol. The first-order chi connectivity index (χ1) is 8.46. The predicted octanol–water partition coefficient (Wildman–Crippen LogP) is 2.48. The monoisotopic (exact) mass is 276 g/mol. The van der Waals surface area contributed by atoms with Gasteiger partial charge in [-0.1, -0.05) is 26.2 Å². The van der Waals surface area contributed by atoms with Gasteiger partial charge in [0.05, 0.1) is 11.7 Å². The molecule has 2 atom stereocenters. The largest absolute Gasteiger partial charge is 0.481 e. The highest BCUT2D eigenvalue weighted by atomic mass is 32.2. The fraction of sp³-hybridized carbons (Fsp3) is 0.923. The molecule has 18 heavy (non-hydrogen) atoms. The molecule has 0 amide bonds. The highest BCUT2D eigenvalue weighted by Crippen LogP contribution is 2.31. The Hall–Kier alpha value is -0.580. The topological polar surface area (TPSA) is 71.4 Å². The lowest BCUT2D eigenvalue weighted by atomic mass is 9.86. The maximum Gasteiger partial charge on any atom is 0.306 e. The first-order valence-electron chi connectivity index (χ1n) is 6.89. The third kappa shape index (κ3) is 4.96. The minimum absolute atomic E-state index is 0.0385. The van der Waals surface area contributed by atoms with Gasteiger partial charge in [0, 0.05) is 5.75 Å². The molecule has 0 heterocycles. The molecule has 0 saturated heterocycles. The zero-order valence-corrected chi connectivity index (χ0v) is 11.9. The van der Waals surface area contributed by atoms with Crippen molar-refractivity contribution in [3.63, 3.8) is 0 Å². The molecular formula is C13H24O4S. The number of aliphatic carboxylic acids is 1. The molecule has 5 heteroatoms. The van der Waals surface area contributed by atoms with E-state index in [1.807, 2.05) is 6.92 Å². The molecule has 1 N–H and O–H groups in total. The van der Waals surface area contributed by atoms with Gasteiger partial charge >= 0.3 is 5.97 Å².